The van der Waals surface area contributed by atoms with Crippen LogP contribution in [0.15, 0.2) is 41.3 Å². The van der Waals surface area contributed by atoms with Gasteiger partial charge in [0.2, 0.25) is 0 Å². The van der Waals surface area contributed by atoms with Gasteiger partial charge in [-0.3, -0.25) is 4.72 Å². The van der Waals surface area contributed by atoms with Crippen LogP contribution in [-0.2, 0) is 14.8 Å². The lowest BCUT2D eigenvalue weighted by atomic mass is 10.1. The standard InChI is InChI=1S/C17H19NO4S/c1-11-7-12(2)9-15(8-11)18-23(20,21)16-10-14(17(19)22-4)6-5-13(16)3/h5-10,18H,1-4H3. The molecule has 0 amide bonds. The molecule has 6 heteroatoms. The molecule has 0 aromatic heterocycles. The lowest BCUT2D eigenvalue weighted by molar-refractivity contribution is 0.0600. The number of aryl methyl sites for hydroxylation is 3. The molecule has 0 radical (unpaired) electrons. The molecule has 0 fully saturated rings. The molecule has 23 heavy (non-hydrogen) atoms. The normalized spacial score (nSPS) is 11.1. The average Bonchev–Trinajstić information content (AvgIpc) is 2.45. The van der Waals surface area contributed by atoms with Crippen LogP contribution in [0.5, 0.6) is 0 Å². The third-order valence-electron chi connectivity index (χ3n) is 3.37. The van der Waals surface area contributed by atoms with Crippen LogP contribution in [0.25, 0.3) is 0 Å². The highest BCUT2D eigenvalue weighted by Gasteiger charge is 2.19. The first kappa shape index (κ1) is 17.0. The topological polar surface area (TPSA) is 72.5 Å². The molecule has 1 N–H and O–H groups in total. The molecule has 0 aliphatic carbocycles. The Morgan fingerprint density at radius 2 is 1.61 bits per heavy atom. The molecule has 2 aromatic carbocycles. The summed E-state index contributed by atoms with van der Waals surface area (Å²) in [5, 5.41) is 0. The van der Waals surface area contributed by atoms with Crippen molar-refractivity contribution >= 4 is 21.7 Å². The van der Waals surface area contributed by atoms with Crippen molar-refractivity contribution in [3.8, 4) is 0 Å². The first-order chi connectivity index (χ1) is 10.7. The van der Waals surface area contributed by atoms with Crippen molar-refractivity contribution in [2.75, 3.05) is 11.8 Å². The minimum Gasteiger partial charge on any atom is -0.465 e. The van der Waals surface area contributed by atoms with Crippen LogP contribution in [0, 0.1) is 20.8 Å². The second kappa shape index (κ2) is 6.42. The number of rotatable bonds is 4. The van der Waals surface area contributed by atoms with E-state index in [1.54, 1.807) is 25.1 Å². The minimum absolute atomic E-state index is 0.0551. The number of methoxy groups -OCH3 is 1. The van der Waals surface area contributed by atoms with E-state index in [1.165, 1.54) is 19.2 Å². The number of esters is 1. The van der Waals surface area contributed by atoms with Gasteiger partial charge in [0.05, 0.1) is 17.6 Å². The number of carbonyl (C=O) groups is 1. The number of benzene rings is 2. The van der Waals surface area contributed by atoms with Crippen molar-refractivity contribution in [3.63, 3.8) is 0 Å². The monoisotopic (exact) mass is 333 g/mol. The summed E-state index contributed by atoms with van der Waals surface area (Å²) < 4.78 is 32.5. The van der Waals surface area contributed by atoms with Crippen LogP contribution in [0.1, 0.15) is 27.0 Å². The van der Waals surface area contributed by atoms with Gasteiger partial charge in [-0.2, -0.15) is 0 Å². The molecule has 0 spiro atoms. The molecule has 122 valence electrons. The summed E-state index contributed by atoms with van der Waals surface area (Å²) in [5.41, 5.74) is 3.16. The quantitative estimate of drug-likeness (QED) is 0.872. The zero-order valence-electron chi connectivity index (χ0n) is 13.5. The number of nitrogens with one attached hydrogen (secondary N) is 1. The molecular weight excluding hydrogens is 314 g/mol. The Morgan fingerprint density at radius 1 is 1.00 bits per heavy atom. The van der Waals surface area contributed by atoms with Crippen LogP contribution >= 0.6 is 0 Å². The van der Waals surface area contributed by atoms with E-state index in [4.69, 9.17) is 0 Å². The fraction of sp³-hybridized carbons (Fsp3) is 0.235. The van der Waals surface area contributed by atoms with E-state index in [0.29, 0.717) is 11.3 Å². The van der Waals surface area contributed by atoms with E-state index in [9.17, 15) is 13.2 Å². The van der Waals surface area contributed by atoms with Crippen LogP contribution in [0.3, 0.4) is 0 Å². The highest BCUT2D eigenvalue weighted by Crippen LogP contribution is 2.22. The van der Waals surface area contributed by atoms with E-state index in [-0.39, 0.29) is 10.5 Å². The second-order valence-corrected chi connectivity index (χ2v) is 7.10. The molecule has 2 rings (SSSR count). The maximum atomic E-state index is 12.6. The van der Waals surface area contributed by atoms with Gasteiger partial charge in [0.25, 0.3) is 10.0 Å². The highest BCUT2D eigenvalue weighted by molar-refractivity contribution is 7.92. The summed E-state index contributed by atoms with van der Waals surface area (Å²) in [4.78, 5) is 11.7. The molecular formula is C17H19NO4S. The molecule has 0 heterocycles. The number of ether oxygens (including phenoxy) is 1. The Morgan fingerprint density at radius 3 is 2.17 bits per heavy atom. The van der Waals surface area contributed by atoms with Gasteiger partial charge in [-0.25, -0.2) is 13.2 Å². The summed E-state index contributed by atoms with van der Waals surface area (Å²) >= 11 is 0. The van der Waals surface area contributed by atoms with Gasteiger partial charge in [-0.05, 0) is 61.7 Å². The Bertz CT molecular complexity index is 837. The number of hydrogen-bond acceptors (Lipinski definition) is 4. The van der Waals surface area contributed by atoms with Gasteiger partial charge in [0.15, 0.2) is 0 Å². The van der Waals surface area contributed by atoms with E-state index < -0.39 is 16.0 Å². The molecule has 0 saturated carbocycles. The fourth-order valence-corrected chi connectivity index (χ4v) is 3.69. The predicted molar refractivity (Wildman–Crippen MR) is 89.2 cm³/mol. The van der Waals surface area contributed by atoms with Crippen molar-refractivity contribution in [1.82, 2.24) is 0 Å². The Hall–Kier alpha value is -2.34. The zero-order valence-corrected chi connectivity index (χ0v) is 14.3. The van der Waals surface area contributed by atoms with E-state index in [0.717, 1.165) is 11.1 Å². The predicted octanol–water partition coefficient (Wildman–Crippen LogP) is 3.20. The van der Waals surface area contributed by atoms with Crippen LogP contribution in [-0.4, -0.2) is 21.5 Å². The molecule has 0 aliphatic heterocycles. The summed E-state index contributed by atoms with van der Waals surface area (Å²) in [5.74, 6) is -0.576. The molecule has 5 nitrogen and oxygen atoms in total. The maximum absolute atomic E-state index is 12.6. The van der Waals surface area contributed by atoms with Crippen molar-refractivity contribution in [3.05, 3.63) is 58.7 Å². The third-order valence-corrected chi connectivity index (χ3v) is 4.90. The van der Waals surface area contributed by atoms with Gasteiger partial charge in [0, 0.05) is 5.69 Å². The lowest BCUT2D eigenvalue weighted by Gasteiger charge is -2.12. The summed E-state index contributed by atoms with van der Waals surface area (Å²) in [6.07, 6.45) is 0. The summed E-state index contributed by atoms with van der Waals surface area (Å²) in [6, 6.07) is 9.92. The molecule has 0 saturated heterocycles. The van der Waals surface area contributed by atoms with Gasteiger partial charge >= 0.3 is 5.97 Å². The van der Waals surface area contributed by atoms with E-state index in [2.05, 4.69) is 9.46 Å². The first-order valence-electron chi connectivity index (χ1n) is 7.03. The molecule has 2 aromatic rings. The van der Waals surface area contributed by atoms with E-state index >= 15 is 0 Å². The smallest absolute Gasteiger partial charge is 0.337 e. The van der Waals surface area contributed by atoms with Gasteiger partial charge in [-0.1, -0.05) is 12.1 Å². The fourth-order valence-electron chi connectivity index (χ4n) is 2.38. The molecule has 0 aliphatic rings. The van der Waals surface area contributed by atoms with Crippen molar-refractivity contribution < 1.29 is 17.9 Å². The van der Waals surface area contributed by atoms with Crippen molar-refractivity contribution in [2.24, 2.45) is 0 Å². The molecule has 0 unspecified atom stereocenters. The number of sulfonamides is 1. The minimum atomic E-state index is -3.80. The average molecular weight is 333 g/mol. The Labute approximate surface area is 136 Å². The highest BCUT2D eigenvalue weighted by atomic mass is 32.2. The van der Waals surface area contributed by atoms with Crippen molar-refractivity contribution in [2.45, 2.75) is 25.7 Å². The van der Waals surface area contributed by atoms with Crippen LogP contribution in [0.4, 0.5) is 5.69 Å². The third kappa shape index (κ3) is 3.90. The second-order valence-electron chi connectivity index (χ2n) is 5.45. The number of anilines is 1. The largest absolute Gasteiger partial charge is 0.465 e. The van der Waals surface area contributed by atoms with Gasteiger partial charge in [0.1, 0.15) is 0 Å². The zero-order chi connectivity index (χ0) is 17.2. The van der Waals surface area contributed by atoms with Crippen LogP contribution < -0.4 is 4.72 Å². The first-order valence-corrected chi connectivity index (χ1v) is 8.51. The Kier molecular flexibility index (Phi) is 4.75. The molecule has 0 bridgehead atoms. The summed E-state index contributed by atoms with van der Waals surface area (Å²) in [6.45, 7) is 5.47. The SMILES string of the molecule is COC(=O)c1ccc(C)c(S(=O)(=O)Nc2cc(C)cc(C)c2)c1. The number of hydrogen-bond donors (Lipinski definition) is 1. The lowest BCUT2D eigenvalue weighted by Crippen LogP contribution is -2.15. The molecule has 0 atom stereocenters. The Balaban J connectivity index is 2.45. The van der Waals surface area contributed by atoms with Gasteiger partial charge in [-0.15, -0.1) is 0 Å². The van der Waals surface area contributed by atoms with Gasteiger partial charge < -0.3 is 4.74 Å². The van der Waals surface area contributed by atoms with Crippen molar-refractivity contribution in [1.29, 1.82) is 0 Å². The maximum Gasteiger partial charge on any atom is 0.337 e. The van der Waals surface area contributed by atoms with E-state index in [1.807, 2.05) is 19.9 Å². The van der Waals surface area contributed by atoms with Crippen LogP contribution in [0.2, 0.25) is 0 Å². The number of carbonyl (C=O) groups excluding carboxylic acids is 1. The summed E-state index contributed by atoms with van der Waals surface area (Å²) in [7, 11) is -2.55.